The largest absolute Gasteiger partial charge is 0.358 e. The molecule has 0 saturated heterocycles. The van der Waals surface area contributed by atoms with E-state index in [2.05, 4.69) is 22.4 Å². The third-order valence-electron chi connectivity index (χ3n) is 6.24. The second-order valence-corrected chi connectivity index (χ2v) is 8.72. The van der Waals surface area contributed by atoms with Crippen molar-refractivity contribution in [3.8, 4) is 0 Å². The number of para-hydroxylation sites is 1. The molecule has 166 valence electrons. The molecule has 1 aliphatic heterocycles. The number of aromatic nitrogens is 1. The highest BCUT2D eigenvalue weighted by atomic mass is 35.5. The highest BCUT2D eigenvalue weighted by Gasteiger charge is 2.27. The molecule has 3 aromatic carbocycles. The number of H-pyrrole nitrogens is 1. The first kappa shape index (κ1) is 21.3. The van der Waals surface area contributed by atoms with E-state index in [1.807, 2.05) is 47.4 Å². The summed E-state index contributed by atoms with van der Waals surface area (Å²) in [5.74, 6) is -0.279. The van der Waals surface area contributed by atoms with Gasteiger partial charge in [-0.3, -0.25) is 9.59 Å². The van der Waals surface area contributed by atoms with Gasteiger partial charge < -0.3 is 15.2 Å². The first-order valence-corrected chi connectivity index (χ1v) is 11.4. The van der Waals surface area contributed by atoms with Gasteiger partial charge in [-0.25, -0.2) is 0 Å². The fraction of sp³-hybridized carbons (Fsp3) is 0.185. The van der Waals surface area contributed by atoms with Gasteiger partial charge in [0.1, 0.15) is 0 Å². The minimum absolute atomic E-state index is 0.0132. The number of carbonyl (C=O) groups excluding carboxylic acids is 2. The van der Waals surface area contributed by atoms with Gasteiger partial charge in [-0.2, -0.15) is 0 Å². The first-order chi connectivity index (χ1) is 16.1. The fourth-order valence-electron chi connectivity index (χ4n) is 4.50. The molecule has 1 unspecified atom stereocenters. The summed E-state index contributed by atoms with van der Waals surface area (Å²) in [5.41, 5.74) is 4.77. The Morgan fingerprint density at radius 3 is 2.52 bits per heavy atom. The molecule has 1 aliphatic rings. The third-order valence-corrected chi connectivity index (χ3v) is 6.57. The highest BCUT2D eigenvalue weighted by molar-refractivity contribution is 6.33. The number of nitrogens with one attached hydrogen (secondary N) is 2. The van der Waals surface area contributed by atoms with Crippen molar-refractivity contribution in [1.29, 1.82) is 0 Å². The van der Waals surface area contributed by atoms with Crippen molar-refractivity contribution in [2.75, 3.05) is 6.54 Å². The minimum atomic E-state index is -0.452. The lowest BCUT2D eigenvalue weighted by Gasteiger charge is -2.29. The average molecular weight is 458 g/mol. The van der Waals surface area contributed by atoms with E-state index in [9.17, 15) is 9.59 Å². The lowest BCUT2D eigenvalue weighted by Crippen LogP contribution is -2.39. The maximum atomic E-state index is 13.4. The van der Waals surface area contributed by atoms with Gasteiger partial charge in [0.05, 0.1) is 23.0 Å². The van der Waals surface area contributed by atoms with Crippen molar-refractivity contribution in [1.82, 2.24) is 15.2 Å². The SMILES string of the molecule is O=C(NC(CC(=O)N1CCc2[nH]c3ccccc3c2C1)c1ccccc1)c1ccccc1Cl. The lowest BCUT2D eigenvalue weighted by molar-refractivity contribution is -0.132. The van der Waals surface area contributed by atoms with Gasteiger partial charge >= 0.3 is 0 Å². The Bertz CT molecular complexity index is 1320. The molecule has 5 nitrogen and oxygen atoms in total. The van der Waals surface area contributed by atoms with Crippen LogP contribution in [0.1, 0.15) is 39.6 Å². The zero-order valence-corrected chi connectivity index (χ0v) is 18.8. The minimum Gasteiger partial charge on any atom is -0.358 e. The van der Waals surface area contributed by atoms with Gasteiger partial charge in [0.25, 0.3) is 5.91 Å². The van der Waals surface area contributed by atoms with E-state index < -0.39 is 6.04 Å². The van der Waals surface area contributed by atoms with Crippen molar-refractivity contribution in [2.24, 2.45) is 0 Å². The summed E-state index contributed by atoms with van der Waals surface area (Å²) in [7, 11) is 0. The van der Waals surface area contributed by atoms with E-state index in [1.165, 1.54) is 11.3 Å². The van der Waals surface area contributed by atoms with Gasteiger partial charge in [0.2, 0.25) is 5.91 Å². The zero-order chi connectivity index (χ0) is 22.8. The molecule has 6 heteroatoms. The van der Waals surface area contributed by atoms with E-state index in [4.69, 9.17) is 11.6 Å². The standard InChI is InChI=1S/C27H24ClN3O2/c28-22-12-6-4-11-20(22)27(33)30-25(18-8-2-1-3-9-18)16-26(32)31-15-14-24-21(17-31)19-10-5-7-13-23(19)29-24/h1-13,25,29H,14-17H2,(H,30,33). The van der Waals surface area contributed by atoms with E-state index >= 15 is 0 Å². The van der Waals surface area contributed by atoms with Gasteiger partial charge in [0, 0.05) is 41.7 Å². The normalized spacial score (nSPS) is 14.0. The van der Waals surface area contributed by atoms with Crippen molar-refractivity contribution >= 4 is 34.3 Å². The van der Waals surface area contributed by atoms with Gasteiger partial charge in [-0.15, -0.1) is 0 Å². The van der Waals surface area contributed by atoms with E-state index in [0.717, 1.165) is 22.9 Å². The summed E-state index contributed by atoms with van der Waals surface area (Å²) in [4.78, 5) is 31.7. The highest BCUT2D eigenvalue weighted by Crippen LogP contribution is 2.29. The molecule has 2 amide bonds. The van der Waals surface area contributed by atoms with Crippen LogP contribution in [0.2, 0.25) is 5.02 Å². The van der Waals surface area contributed by atoms with Crippen LogP contribution >= 0.6 is 11.6 Å². The Morgan fingerprint density at radius 1 is 0.970 bits per heavy atom. The average Bonchev–Trinajstić information content (AvgIpc) is 3.22. The van der Waals surface area contributed by atoms with Gasteiger partial charge in [-0.1, -0.05) is 72.3 Å². The summed E-state index contributed by atoms with van der Waals surface area (Å²) < 4.78 is 0. The monoisotopic (exact) mass is 457 g/mol. The van der Waals surface area contributed by atoms with Crippen molar-refractivity contribution < 1.29 is 9.59 Å². The molecular formula is C27H24ClN3O2. The van der Waals surface area contributed by atoms with E-state index in [-0.39, 0.29) is 18.2 Å². The van der Waals surface area contributed by atoms with Gasteiger partial charge in [-0.05, 0) is 23.8 Å². The maximum Gasteiger partial charge on any atom is 0.253 e. The molecule has 0 bridgehead atoms. The fourth-order valence-corrected chi connectivity index (χ4v) is 4.72. The van der Waals surface area contributed by atoms with Crippen LogP contribution in [-0.2, 0) is 17.8 Å². The van der Waals surface area contributed by atoms with Crippen molar-refractivity contribution in [2.45, 2.75) is 25.4 Å². The summed E-state index contributed by atoms with van der Waals surface area (Å²) in [6.45, 7) is 1.22. The van der Waals surface area contributed by atoms with Gasteiger partial charge in [0.15, 0.2) is 0 Å². The number of hydrogen-bond acceptors (Lipinski definition) is 2. The topological polar surface area (TPSA) is 65.2 Å². The maximum absolute atomic E-state index is 13.4. The van der Waals surface area contributed by atoms with Crippen molar-refractivity contribution in [3.05, 3.63) is 106 Å². The predicted molar refractivity (Wildman–Crippen MR) is 130 cm³/mol. The van der Waals surface area contributed by atoms with E-state index in [1.54, 1.807) is 24.3 Å². The van der Waals surface area contributed by atoms with Crippen LogP contribution in [0.15, 0.2) is 78.9 Å². The Balaban J connectivity index is 1.36. The third kappa shape index (κ3) is 4.37. The molecule has 4 aromatic rings. The number of carbonyl (C=O) groups is 2. The van der Waals surface area contributed by atoms with Crippen LogP contribution in [0.25, 0.3) is 10.9 Å². The molecule has 33 heavy (non-hydrogen) atoms. The molecular weight excluding hydrogens is 434 g/mol. The Labute approximate surface area is 197 Å². The molecule has 0 saturated carbocycles. The molecule has 0 fully saturated rings. The summed E-state index contributed by atoms with van der Waals surface area (Å²) in [6, 6.07) is 24.3. The van der Waals surface area contributed by atoms with Crippen LogP contribution in [0.3, 0.4) is 0 Å². The number of benzene rings is 3. The number of amides is 2. The molecule has 2 N–H and O–H groups in total. The molecule has 0 spiro atoms. The molecule has 1 aromatic heterocycles. The number of aromatic amines is 1. The molecule has 1 atom stereocenters. The van der Waals surface area contributed by atoms with Crippen LogP contribution in [0.4, 0.5) is 0 Å². The summed E-state index contributed by atoms with van der Waals surface area (Å²) >= 11 is 6.22. The molecule has 0 aliphatic carbocycles. The molecule has 0 radical (unpaired) electrons. The summed E-state index contributed by atoms with van der Waals surface area (Å²) in [5, 5.41) is 4.58. The second-order valence-electron chi connectivity index (χ2n) is 8.31. The Morgan fingerprint density at radius 2 is 1.70 bits per heavy atom. The van der Waals surface area contributed by atoms with Crippen LogP contribution in [-0.4, -0.2) is 28.2 Å². The quantitative estimate of drug-likeness (QED) is 0.429. The molecule has 2 heterocycles. The van der Waals surface area contributed by atoms with Crippen LogP contribution in [0, 0.1) is 0 Å². The number of fused-ring (bicyclic) bond motifs is 3. The zero-order valence-electron chi connectivity index (χ0n) is 18.1. The van der Waals surface area contributed by atoms with E-state index in [0.29, 0.717) is 23.7 Å². The number of rotatable bonds is 5. The lowest BCUT2D eigenvalue weighted by atomic mass is 10.00. The number of hydrogen-bond donors (Lipinski definition) is 2. The number of nitrogens with zero attached hydrogens (tertiary/aromatic N) is 1. The Hall–Kier alpha value is -3.57. The second kappa shape index (κ2) is 9.12. The Kier molecular flexibility index (Phi) is 5.88. The van der Waals surface area contributed by atoms with Crippen LogP contribution in [0.5, 0.6) is 0 Å². The molecule has 5 rings (SSSR count). The number of halogens is 1. The van der Waals surface area contributed by atoms with Crippen molar-refractivity contribution in [3.63, 3.8) is 0 Å². The summed E-state index contributed by atoms with van der Waals surface area (Å²) in [6.07, 6.45) is 0.968. The smallest absolute Gasteiger partial charge is 0.253 e. The predicted octanol–water partition coefficient (Wildman–Crippen LogP) is 5.27. The van der Waals surface area contributed by atoms with Crippen LogP contribution < -0.4 is 5.32 Å². The first-order valence-electron chi connectivity index (χ1n) is 11.1.